The van der Waals surface area contributed by atoms with Crippen LogP contribution in [-0.2, 0) is 4.74 Å². The number of nitrogens with one attached hydrogen (secondary N) is 1. The number of ether oxygens (including phenoxy) is 3. The molecule has 8 heteroatoms. The molecular weight excluding hydrogens is 350 g/mol. The smallest absolute Gasteiger partial charge is 0.322 e. The van der Waals surface area contributed by atoms with Crippen molar-refractivity contribution in [3.63, 3.8) is 0 Å². The summed E-state index contributed by atoms with van der Waals surface area (Å²) in [6.45, 7) is 2.88. The minimum absolute atomic E-state index is 0.241. The van der Waals surface area contributed by atoms with Gasteiger partial charge in [0.2, 0.25) is 5.88 Å². The first-order chi connectivity index (χ1) is 13.1. The van der Waals surface area contributed by atoms with Crippen LogP contribution in [0.1, 0.15) is 6.92 Å². The second-order valence-electron chi connectivity index (χ2n) is 6.03. The molecule has 1 fully saturated rings. The van der Waals surface area contributed by atoms with E-state index in [-0.39, 0.29) is 18.7 Å². The van der Waals surface area contributed by atoms with Crippen molar-refractivity contribution < 1.29 is 24.1 Å². The highest BCUT2D eigenvalue weighted by Crippen LogP contribution is 2.30. The number of aliphatic hydroxyl groups is 1. The van der Waals surface area contributed by atoms with Gasteiger partial charge in [-0.3, -0.25) is 0 Å². The zero-order chi connectivity index (χ0) is 19.2. The summed E-state index contributed by atoms with van der Waals surface area (Å²) in [6.07, 6.45) is 0.836. The Morgan fingerprint density at radius 3 is 2.67 bits per heavy atom. The van der Waals surface area contributed by atoms with Crippen LogP contribution in [0.25, 0.3) is 0 Å². The quantitative estimate of drug-likeness (QED) is 0.808. The molecule has 3 rings (SSSR count). The SMILES string of the molecule is CCN(C(=O)Nc1ccc(Oc2ccccc2OC)nc1)[C@H]1COC[C@@H]1O. The molecule has 0 saturated carbocycles. The maximum absolute atomic E-state index is 12.5. The molecule has 0 aliphatic carbocycles. The van der Waals surface area contributed by atoms with Crippen molar-refractivity contribution >= 4 is 11.7 Å². The van der Waals surface area contributed by atoms with Gasteiger partial charge >= 0.3 is 6.03 Å². The Morgan fingerprint density at radius 2 is 2.07 bits per heavy atom. The Morgan fingerprint density at radius 1 is 1.30 bits per heavy atom. The lowest BCUT2D eigenvalue weighted by molar-refractivity contribution is 0.1000. The third-order valence-electron chi connectivity index (χ3n) is 4.29. The predicted octanol–water partition coefficient (Wildman–Crippen LogP) is 2.50. The van der Waals surface area contributed by atoms with Gasteiger partial charge in [0.25, 0.3) is 0 Å². The van der Waals surface area contributed by atoms with E-state index in [1.807, 2.05) is 19.1 Å². The largest absolute Gasteiger partial charge is 0.493 e. The number of urea groups is 1. The molecule has 144 valence electrons. The number of nitrogens with zero attached hydrogens (tertiary/aromatic N) is 2. The van der Waals surface area contributed by atoms with Crippen LogP contribution >= 0.6 is 0 Å². The van der Waals surface area contributed by atoms with Crippen molar-refractivity contribution in [2.75, 3.05) is 32.2 Å². The molecule has 2 N–H and O–H groups in total. The zero-order valence-corrected chi connectivity index (χ0v) is 15.3. The second-order valence-corrected chi connectivity index (χ2v) is 6.03. The third kappa shape index (κ3) is 4.47. The van der Waals surface area contributed by atoms with Crippen molar-refractivity contribution in [2.24, 2.45) is 0 Å². The first-order valence-corrected chi connectivity index (χ1v) is 8.72. The number of hydrogen-bond donors (Lipinski definition) is 2. The minimum Gasteiger partial charge on any atom is -0.493 e. The van der Waals surface area contributed by atoms with Crippen molar-refractivity contribution in [3.05, 3.63) is 42.6 Å². The molecule has 2 heterocycles. The van der Waals surface area contributed by atoms with Gasteiger partial charge in [0, 0.05) is 12.6 Å². The molecule has 0 bridgehead atoms. The predicted molar refractivity (Wildman–Crippen MR) is 99.3 cm³/mol. The Labute approximate surface area is 157 Å². The van der Waals surface area contributed by atoms with Crippen molar-refractivity contribution in [1.29, 1.82) is 0 Å². The summed E-state index contributed by atoms with van der Waals surface area (Å²) in [7, 11) is 1.57. The molecule has 0 spiro atoms. The lowest BCUT2D eigenvalue weighted by Crippen LogP contribution is -2.48. The summed E-state index contributed by atoms with van der Waals surface area (Å²) in [5.41, 5.74) is 0.527. The number of aromatic nitrogens is 1. The molecule has 2 amide bonds. The summed E-state index contributed by atoms with van der Waals surface area (Å²) < 4.78 is 16.2. The topological polar surface area (TPSA) is 93.2 Å². The van der Waals surface area contributed by atoms with Gasteiger partial charge in [-0.25, -0.2) is 9.78 Å². The fourth-order valence-corrected chi connectivity index (χ4v) is 2.88. The molecular formula is C19H23N3O5. The molecule has 1 aliphatic heterocycles. The number of amides is 2. The minimum atomic E-state index is -0.676. The average Bonchev–Trinajstić information content (AvgIpc) is 3.10. The number of pyridine rings is 1. The highest BCUT2D eigenvalue weighted by atomic mass is 16.5. The summed E-state index contributed by atoms with van der Waals surface area (Å²) in [4.78, 5) is 18.3. The number of carbonyl (C=O) groups is 1. The first-order valence-electron chi connectivity index (χ1n) is 8.72. The number of aliphatic hydroxyl groups excluding tert-OH is 1. The summed E-state index contributed by atoms with van der Waals surface area (Å²) in [5, 5.41) is 12.7. The molecule has 1 aromatic heterocycles. The van der Waals surface area contributed by atoms with Crippen LogP contribution in [0.5, 0.6) is 17.4 Å². The van der Waals surface area contributed by atoms with Crippen molar-refractivity contribution in [2.45, 2.75) is 19.1 Å². The average molecular weight is 373 g/mol. The number of benzene rings is 1. The van der Waals surface area contributed by atoms with Crippen LogP contribution in [0.3, 0.4) is 0 Å². The maximum Gasteiger partial charge on any atom is 0.322 e. The molecule has 1 aromatic carbocycles. The molecule has 2 aromatic rings. The number of carbonyl (C=O) groups excluding carboxylic acids is 1. The van der Waals surface area contributed by atoms with Gasteiger partial charge in [0.1, 0.15) is 0 Å². The fourth-order valence-electron chi connectivity index (χ4n) is 2.88. The van der Waals surface area contributed by atoms with Gasteiger partial charge < -0.3 is 29.5 Å². The van der Waals surface area contributed by atoms with Gasteiger partial charge in [0.15, 0.2) is 11.5 Å². The molecule has 27 heavy (non-hydrogen) atoms. The van der Waals surface area contributed by atoms with Crippen LogP contribution in [0, 0.1) is 0 Å². The van der Waals surface area contributed by atoms with Crippen LogP contribution in [-0.4, -0.2) is 60.0 Å². The molecule has 1 saturated heterocycles. The molecule has 0 unspecified atom stereocenters. The Hall–Kier alpha value is -2.84. The summed E-state index contributed by atoms with van der Waals surface area (Å²) >= 11 is 0. The number of likely N-dealkylation sites (N-methyl/N-ethyl adjacent to an activating group) is 1. The monoisotopic (exact) mass is 373 g/mol. The van der Waals surface area contributed by atoms with E-state index in [1.165, 1.54) is 6.20 Å². The Bertz CT molecular complexity index is 768. The van der Waals surface area contributed by atoms with Gasteiger partial charge in [-0.1, -0.05) is 12.1 Å². The van der Waals surface area contributed by atoms with E-state index in [9.17, 15) is 9.90 Å². The fraction of sp³-hybridized carbons (Fsp3) is 0.368. The van der Waals surface area contributed by atoms with Gasteiger partial charge in [-0.15, -0.1) is 0 Å². The molecule has 0 radical (unpaired) electrons. The van der Waals surface area contributed by atoms with Crippen LogP contribution in [0.15, 0.2) is 42.6 Å². The zero-order valence-electron chi connectivity index (χ0n) is 15.3. The van der Waals surface area contributed by atoms with E-state index < -0.39 is 6.10 Å². The number of methoxy groups -OCH3 is 1. The van der Waals surface area contributed by atoms with Gasteiger partial charge in [0.05, 0.1) is 44.4 Å². The van der Waals surface area contributed by atoms with E-state index in [1.54, 1.807) is 36.3 Å². The molecule has 2 atom stereocenters. The Kier molecular flexibility index (Phi) is 6.10. The maximum atomic E-state index is 12.5. The van der Waals surface area contributed by atoms with E-state index in [0.29, 0.717) is 36.2 Å². The van der Waals surface area contributed by atoms with E-state index >= 15 is 0 Å². The van der Waals surface area contributed by atoms with Crippen molar-refractivity contribution in [1.82, 2.24) is 9.88 Å². The van der Waals surface area contributed by atoms with Crippen LogP contribution in [0.4, 0.5) is 10.5 Å². The standard InChI is InChI=1S/C19H23N3O5/c1-3-22(14-11-26-12-15(14)23)19(24)21-13-8-9-18(20-10-13)27-17-7-5-4-6-16(17)25-2/h4-10,14-15,23H,3,11-12H2,1-2H3,(H,21,24)/t14-,15-/m0/s1. The van der Waals surface area contributed by atoms with E-state index in [4.69, 9.17) is 14.2 Å². The Balaban J connectivity index is 1.64. The van der Waals surface area contributed by atoms with E-state index in [0.717, 1.165) is 0 Å². The lowest BCUT2D eigenvalue weighted by Gasteiger charge is -2.28. The van der Waals surface area contributed by atoms with Crippen molar-refractivity contribution in [3.8, 4) is 17.4 Å². The highest BCUT2D eigenvalue weighted by molar-refractivity contribution is 5.89. The first kappa shape index (κ1) is 18.9. The number of para-hydroxylation sites is 2. The van der Waals surface area contributed by atoms with Gasteiger partial charge in [-0.2, -0.15) is 0 Å². The normalized spacial score (nSPS) is 18.8. The van der Waals surface area contributed by atoms with Gasteiger partial charge in [-0.05, 0) is 25.1 Å². The number of rotatable bonds is 6. The lowest BCUT2D eigenvalue weighted by atomic mass is 10.2. The number of anilines is 1. The molecule has 1 aliphatic rings. The summed E-state index contributed by atoms with van der Waals surface area (Å²) in [6, 6.07) is 9.96. The van der Waals surface area contributed by atoms with E-state index in [2.05, 4.69) is 10.3 Å². The summed E-state index contributed by atoms with van der Waals surface area (Å²) in [5.74, 6) is 1.54. The van der Waals surface area contributed by atoms with Crippen LogP contribution in [0.2, 0.25) is 0 Å². The molecule has 8 nitrogen and oxygen atoms in total. The second kappa shape index (κ2) is 8.70. The highest BCUT2D eigenvalue weighted by Gasteiger charge is 2.33. The third-order valence-corrected chi connectivity index (χ3v) is 4.29. The number of hydrogen-bond acceptors (Lipinski definition) is 6. The van der Waals surface area contributed by atoms with Crippen LogP contribution < -0.4 is 14.8 Å².